The highest BCUT2D eigenvalue weighted by molar-refractivity contribution is 14.1. The third-order valence-electron chi connectivity index (χ3n) is 3.70. The van der Waals surface area contributed by atoms with E-state index >= 15 is 0 Å². The number of nitrogens with two attached hydrogens (primary N) is 2. The molecule has 0 bridgehead atoms. The van der Waals surface area contributed by atoms with Crippen molar-refractivity contribution in [3.05, 3.63) is 53.7 Å². The van der Waals surface area contributed by atoms with Crippen molar-refractivity contribution < 1.29 is 9.53 Å². The Morgan fingerprint density at radius 1 is 1.07 bits per heavy atom. The number of carbonyl (C=O) groups excluding carboxylic acids is 1. The molecule has 0 saturated heterocycles. The predicted molar refractivity (Wildman–Crippen MR) is 134 cm³/mol. The number of ether oxygens (including phenoxy) is 1. The molecule has 0 atom stereocenters. The summed E-state index contributed by atoms with van der Waals surface area (Å²) in [6, 6.07) is 9.57. The molecule has 156 valence electrons. The summed E-state index contributed by atoms with van der Waals surface area (Å²) >= 11 is 4.31. The quantitative estimate of drug-likeness (QED) is 0.313. The van der Waals surface area contributed by atoms with Gasteiger partial charge in [0.1, 0.15) is 5.60 Å². The van der Waals surface area contributed by atoms with Crippen LogP contribution in [0.25, 0.3) is 0 Å². The maximum atomic E-state index is 11.5. The number of rotatable bonds is 2. The van der Waals surface area contributed by atoms with E-state index in [-0.39, 0.29) is 0 Å². The molecule has 0 fully saturated rings. The zero-order valence-corrected chi connectivity index (χ0v) is 21.5. The molecule has 8 heteroatoms. The van der Waals surface area contributed by atoms with Gasteiger partial charge in [0.2, 0.25) is 0 Å². The molecule has 2 aromatic rings. The van der Waals surface area contributed by atoms with Crippen LogP contribution in [0.4, 0.5) is 16.2 Å². The second-order valence-corrected chi connectivity index (χ2v) is 9.79. The molecule has 0 radical (unpaired) electrons. The summed E-state index contributed by atoms with van der Waals surface area (Å²) in [5.74, 6) is 0. The second-order valence-electron chi connectivity index (χ2n) is 7.46. The summed E-state index contributed by atoms with van der Waals surface area (Å²) in [5.41, 5.74) is 16.3. The van der Waals surface area contributed by atoms with Crippen LogP contribution in [-0.4, -0.2) is 11.7 Å². The van der Waals surface area contributed by atoms with E-state index in [1.165, 1.54) is 0 Å². The Labute approximate surface area is 199 Å². The van der Waals surface area contributed by atoms with Crippen molar-refractivity contribution in [2.24, 2.45) is 0 Å². The first-order chi connectivity index (χ1) is 13.3. The molecular formula is C21H26I2N4O2. The van der Waals surface area contributed by atoms with Gasteiger partial charge in [0.15, 0.2) is 0 Å². The lowest BCUT2D eigenvalue weighted by atomic mass is 10.1. The number of nitrogens with one attached hydrogen (secondary N) is 1. The van der Waals surface area contributed by atoms with Crippen LogP contribution in [0.1, 0.15) is 43.0 Å². The van der Waals surface area contributed by atoms with E-state index in [4.69, 9.17) is 21.5 Å². The molecule has 0 heterocycles. The van der Waals surface area contributed by atoms with Crippen molar-refractivity contribution in [1.82, 2.24) is 5.32 Å². The van der Waals surface area contributed by atoms with Crippen molar-refractivity contribution in [3.63, 3.8) is 0 Å². The molecule has 2 rings (SSSR count). The number of nitrogen functional groups attached to an aromatic ring is 2. The van der Waals surface area contributed by atoms with Crippen molar-refractivity contribution in [2.45, 2.75) is 46.8 Å². The molecule has 0 spiro atoms. The number of halogens is 2. The van der Waals surface area contributed by atoms with Gasteiger partial charge in [-0.3, -0.25) is 0 Å². The van der Waals surface area contributed by atoms with Gasteiger partial charge in [-0.25, -0.2) is 4.79 Å². The maximum Gasteiger partial charge on any atom is 0.407 e. The van der Waals surface area contributed by atoms with Gasteiger partial charge in [-0.05, 0) is 115 Å². The number of carbonyl (C=O) groups is 1. The van der Waals surface area contributed by atoms with Crippen LogP contribution in [0.15, 0.2) is 24.3 Å². The lowest BCUT2D eigenvalue weighted by Crippen LogP contribution is -2.32. The van der Waals surface area contributed by atoms with Crippen LogP contribution in [-0.2, 0) is 11.3 Å². The number of benzene rings is 2. The first-order valence-corrected chi connectivity index (χ1v) is 11.0. The third kappa shape index (κ3) is 8.65. The number of hydrogen-bond donors (Lipinski definition) is 3. The predicted octanol–water partition coefficient (Wildman–Crippen LogP) is 5.26. The fraction of sp³-hybridized carbons (Fsp3) is 0.333. The van der Waals surface area contributed by atoms with Crippen LogP contribution in [0.5, 0.6) is 0 Å². The van der Waals surface area contributed by atoms with Gasteiger partial charge in [-0.1, -0.05) is 6.07 Å². The van der Waals surface area contributed by atoms with Crippen molar-refractivity contribution >= 4 is 62.6 Å². The summed E-state index contributed by atoms with van der Waals surface area (Å²) in [4.78, 5) is 11.5. The van der Waals surface area contributed by atoms with Crippen molar-refractivity contribution in [3.8, 4) is 6.07 Å². The van der Waals surface area contributed by atoms with Crippen LogP contribution >= 0.6 is 45.2 Å². The highest BCUT2D eigenvalue weighted by atomic mass is 127. The SMILES string of the molecule is Cc1cc(C#N)cc(I)c1N.Cc1cc(CNC(=O)OC(C)(C)C)cc(I)c1N. The lowest BCUT2D eigenvalue weighted by Gasteiger charge is -2.19. The Kier molecular flexibility index (Phi) is 9.48. The molecule has 0 aliphatic heterocycles. The van der Waals surface area contributed by atoms with E-state index in [0.717, 1.165) is 35.2 Å². The van der Waals surface area contributed by atoms with Gasteiger partial charge < -0.3 is 21.5 Å². The minimum atomic E-state index is -0.477. The van der Waals surface area contributed by atoms with Gasteiger partial charge >= 0.3 is 6.09 Å². The van der Waals surface area contributed by atoms with Crippen LogP contribution in [0.2, 0.25) is 0 Å². The summed E-state index contributed by atoms with van der Waals surface area (Å²) in [6.07, 6.45) is -0.410. The smallest absolute Gasteiger partial charge is 0.407 e. The van der Waals surface area contributed by atoms with E-state index in [1.54, 1.807) is 12.1 Å². The van der Waals surface area contributed by atoms with Gasteiger partial charge in [0.05, 0.1) is 11.6 Å². The Bertz CT molecular complexity index is 885. The molecule has 0 unspecified atom stereocenters. The van der Waals surface area contributed by atoms with E-state index < -0.39 is 11.7 Å². The highest BCUT2D eigenvalue weighted by Gasteiger charge is 2.15. The molecule has 29 heavy (non-hydrogen) atoms. The molecule has 1 amide bonds. The molecule has 6 nitrogen and oxygen atoms in total. The van der Waals surface area contributed by atoms with E-state index in [2.05, 4.69) is 56.6 Å². The average molecular weight is 620 g/mol. The van der Waals surface area contributed by atoms with Crippen LogP contribution in [0, 0.1) is 32.3 Å². The fourth-order valence-electron chi connectivity index (χ4n) is 2.24. The summed E-state index contributed by atoms with van der Waals surface area (Å²) in [7, 11) is 0. The number of alkyl carbamates (subject to hydrolysis) is 1. The normalized spacial score (nSPS) is 10.4. The average Bonchev–Trinajstić information content (AvgIpc) is 2.61. The minimum absolute atomic E-state index is 0.410. The minimum Gasteiger partial charge on any atom is -0.444 e. The Morgan fingerprint density at radius 3 is 2.03 bits per heavy atom. The number of anilines is 2. The summed E-state index contributed by atoms with van der Waals surface area (Å²) in [6.45, 7) is 9.80. The zero-order valence-electron chi connectivity index (χ0n) is 17.2. The van der Waals surface area contributed by atoms with Crippen LogP contribution in [0.3, 0.4) is 0 Å². The van der Waals surface area contributed by atoms with Gasteiger partial charge in [0, 0.05) is 25.1 Å². The standard InChI is InChI=1S/C13H19IN2O2.C8H7IN2/c1-8-5-9(6-10(14)11(8)15)7-16-12(17)18-13(2,3)4;1-5-2-6(4-10)3-7(9)8(5)11/h5-6H,7,15H2,1-4H3,(H,16,17);2-3H,11H2,1H3. The molecule has 0 saturated carbocycles. The Hall–Kier alpha value is -1.74. The number of nitriles is 1. The first-order valence-electron chi connectivity index (χ1n) is 8.81. The molecule has 5 N–H and O–H groups in total. The van der Waals surface area contributed by atoms with Gasteiger partial charge in [-0.15, -0.1) is 0 Å². The molecule has 0 aromatic heterocycles. The number of amides is 1. The monoisotopic (exact) mass is 620 g/mol. The number of aryl methyl sites for hydroxylation is 2. The molecule has 0 aliphatic carbocycles. The Balaban J connectivity index is 0.000000326. The fourth-order valence-corrected chi connectivity index (χ4v) is 3.82. The van der Waals surface area contributed by atoms with E-state index in [1.807, 2.05) is 46.8 Å². The molecular weight excluding hydrogens is 594 g/mol. The number of nitrogens with zero attached hydrogens (tertiary/aromatic N) is 1. The van der Waals surface area contributed by atoms with Crippen molar-refractivity contribution in [1.29, 1.82) is 5.26 Å². The zero-order chi connectivity index (χ0) is 22.4. The van der Waals surface area contributed by atoms with Gasteiger partial charge in [-0.2, -0.15) is 5.26 Å². The molecule has 0 aliphatic rings. The maximum absolute atomic E-state index is 11.5. The van der Waals surface area contributed by atoms with E-state index in [0.29, 0.717) is 12.1 Å². The number of hydrogen-bond acceptors (Lipinski definition) is 5. The van der Waals surface area contributed by atoms with Gasteiger partial charge in [0.25, 0.3) is 0 Å². The molecule has 2 aromatic carbocycles. The Morgan fingerprint density at radius 2 is 1.59 bits per heavy atom. The topological polar surface area (TPSA) is 114 Å². The van der Waals surface area contributed by atoms with Crippen molar-refractivity contribution in [2.75, 3.05) is 11.5 Å². The third-order valence-corrected chi connectivity index (χ3v) is 5.48. The summed E-state index contributed by atoms with van der Waals surface area (Å²) in [5, 5.41) is 11.3. The first kappa shape index (κ1) is 25.3. The largest absolute Gasteiger partial charge is 0.444 e. The van der Waals surface area contributed by atoms with E-state index in [9.17, 15) is 4.79 Å². The second kappa shape index (κ2) is 10.9. The van der Waals surface area contributed by atoms with Crippen LogP contribution < -0.4 is 16.8 Å². The summed E-state index contributed by atoms with van der Waals surface area (Å²) < 4.78 is 7.10. The lowest BCUT2D eigenvalue weighted by molar-refractivity contribution is 0.0523. The highest BCUT2D eigenvalue weighted by Crippen LogP contribution is 2.21.